The molecule has 6 nitrogen and oxygen atoms in total. The number of unbranched alkanes of at least 4 members (excludes halogenated alkanes) is 53. The number of hydrogen-bond acceptors (Lipinski definition) is 5. The highest BCUT2D eigenvalue weighted by molar-refractivity contribution is 5.76. The van der Waals surface area contributed by atoms with Gasteiger partial charge in [0.1, 0.15) is 0 Å². The average molecular weight is 1080 g/mol. The molecular weight excluding hydrogens is 947 g/mol. The first-order chi connectivity index (χ1) is 38.0. The summed E-state index contributed by atoms with van der Waals surface area (Å²) in [6.07, 6.45) is 84.1. The second-order valence-corrected chi connectivity index (χ2v) is 24.2. The Morgan fingerprint density at radius 3 is 0.922 bits per heavy atom. The van der Waals surface area contributed by atoms with E-state index in [0.29, 0.717) is 19.4 Å². The minimum Gasteiger partial charge on any atom is -0.466 e. The van der Waals surface area contributed by atoms with Crippen molar-refractivity contribution in [1.82, 2.24) is 5.32 Å². The fraction of sp³-hybridized carbons (Fsp3) is 0.915. The van der Waals surface area contributed by atoms with E-state index >= 15 is 0 Å². The van der Waals surface area contributed by atoms with Gasteiger partial charge in [0.05, 0.1) is 25.4 Å². The number of amides is 1. The third kappa shape index (κ3) is 63.4. The molecule has 0 saturated heterocycles. The number of aliphatic hydroxyl groups is 2. The number of hydrogen-bond donors (Lipinski definition) is 3. The SMILES string of the molecule is CCCCCCCCC/C=C\CCCCCCCC(=O)OCCCCCCCCCCCCCCCCCCCCCCCCCCCCCCCCC(=O)NC(CO)C(O)/C=C/CCCCCCCCCCCCCC. The highest BCUT2D eigenvalue weighted by atomic mass is 16.5. The molecule has 77 heavy (non-hydrogen) atoms. The van der Waals surface area contributed by atoms with Gasteiger partial charge in [-0.3, -0.25) is 9.59 Å². The number of nitrogens with one attached hydrogen (secondary N) is 1. The lowest BCUT2D eigenvalue weighted by molar-refractivity contribution is -0.143. The van der Waals surface area contributed by atoms with Crippen molar-refractivity contribution in [3.05, 3.63) is 24.3 Å². The third-order valence-corrected chi connectivity index (χ3v) is 16.5. The number of ether oxygens (including phenoxy) is 1. The molecule has 0 spiro atoms. The number of aliphatic hydroxyl groups excluding tert-OH is 2. The zero-order valence-electron chi connectivity index (χ0n) is 52.2. The van der Waals surface area contributed by atoms with Crippen LogP contribution >= 0.6 is 0 Å². The van der Waals surface area contributed by atoms with Crippen LogP contribution in [0.4, 0.5) is 0 Å². The molecule has 0 heterocycles. The summed E-state index contributed by atoms with van der Waals surface area (Å²) in [6.45, 7) is 4.93. The zero-order valence-corrected chi connectivity index (χ0v) is 52.2. The summed E-state index contributed by atoms with van der Waals surface area (Å²) >= 11 is 0. The lowest BCUT2D eigenvalue weighted by Gasteiger charge is -2.20. The molecule has 456 valence electrons. The van der Waals surface area contributed by atoms with E-state index in [4.69, 9.17) is 4.74 Å². The van der Waals surface area contributed by atoms with Crippen molar-refractivity contribution in [1.29, 1.82) is 0 Å². The van der Waals surface area contributed by atoms with Crippen molar-refractivity contribution in [2.45, 2.75) is 405 Å². The summed E-state index contributed by atoms with van der Waals surface area (Å²) in [5.74, 6) is -0.0491. The number of carbonyl (C=O) groups excluding carboxylic acids is 2. The summed E-state index contributed by atoms with van der Waals surface area (Å²) in [7, 11) is 0. The summed E-state index contributed by atoms with van der Waals surface area (Å²) in [5, 5.41) is 23.1. The van der Waals surface area contributed by atoms with Crippen LogP contribution in [-0.4, -0.2) is 47.4 Å². The topological polar surface area (TPSA) is 95.9 Å². The molecule has 0 aromatic carbocycles. The minimum atomic E-state index is -0.841. The van der Waals surface area contributed by atoms with Gasteiger partial charge in [0.25, 0.3) is 0 Å². The third-order valence-electron chi connectivity index (χ3n) is 16.5. The molecule has 0 aromatic rings. The zero-order chi connectivity index (χ0) is 55.7. The monoisotopic (exact) mass is 1080 g/mol. The maximum absolute atomic E-state index is 12.5. The fourth-order valence-electron chi connectivity index (χ4n) is 11.1. The molecule has 3 N–H and O–H groups in total. The van der Waals surface area contributed by atoms with Crippen molar-refractivity contribution >= 4 is 11.9 Å². The maximum atomic E-state index is 12.5. The van der Waals surface area contributed by atoms with E-state index in [1.807, 2.05) is 6.08 Å². The standard InChI is InChI=1S/C71H137NO5/c1-3-5-7-9-11-13-15-17-19-37-41-45-49-53-57-61-65-71(76)77-66-62-58-54-50-46-42-38-35-33-31-29-27-25-23-21-20-22-24-26-28-30-32-34-36-40-44-48-52-56-60-64-70(75)72-68(67-73)69(74)63-59-55-51-47-43-39-18-16-14-12-10-8-6-4-2/h19,37,59,63,68-69,73-74H,3-18,20-36,38-58,60-62,64-67H2,1-2H3,(H,72,75)/b37-19-,63-59+. The molecule has 0 radical (unpaired) electrons. The van der Waals surface area contributed by atoms with Crippen molar-refractivity contribution in [3.63, 3.8) is 0 Å². The van der Waals surface area contributed by atoms with Crippen LogP contribution in [0.1, 0.15) is 393 Å². The van der Waals surface area contributed by atoms with E-state index in [-0.39, 0.29) is 18.5 Å². The number of esters is 1. The Morgan fingerprint density at radius 2 is 0.610 bits per heavy atom. The van der Waals surface area contributed by atoms with E-state index in [1.54, 1.807) is 6.08 Å². The Kier molecular flexibility index (Phi) is 65.4. The van der Waals surface area contributed by atoms with Gasteiger partial charge in [0.2, 0.25) is 5.91 Å². The van der Waals surface area contributed by atoms with Gasteiger partial charge in [0, 0.05) is 12.8 Å². The molecule has 0 aliphatic rings. The predicted molar refractivity (Wildman–Crippen MR) is 338 cm³/mol. The van der Waals surface area contributed by atoms with Crippen LogP contribution in [0.2, 0.25) is 0 Å². The molecule has 0 aliphatic carbocycles. The number of rotatable bonds is 66. The van der Waals surface area contributed by atoms with Gasteiger partial charge in [-0.15, -0.1) is 0 Å². The van der Waals surface area contributed by atoms with E-state index < -0.39 is 12.1 Å². The molecule has 0 fully saturated rings. The highest BCUT2D eigenvalue weighted by Gasteiger charge is 2.18. The Labute approximate surface area is 481 Å². The quantitative estimate of drug-likeness (QED) is 0.0320. The molecule has 0 rings (SSSR count). The first-order valence-electron chi connectivity index (χ1n) is 35.1. The van der Waals surface area contributed by atoms with Gasteiger partial charge in [-0.1, -0.05) is 346 Å². The van der Waals surface area contributed by atoms with Crippen molar-refractivity contribution in [2.75, 3.05) is 13.2 Å². The van der Waals surface area contributed by atoms with Gasteiger partial charge < -0.3 is 20.3 Å². The fourth-order valence-corrected chi connectivity index (χ4v) is 11.1. The van der Waals surface area contributed by atoms with Crippen LogP contribution in [-0.2, 0) is 14.3 Å². The van der Waals surface area contributed by atoms with E-state index in [0.717, 1.165) is 44.9 Å². The average Bonchev–Trinajstić information content (AvgIpc) is 3.43. The summed E-state index contributed by atoms with van der Waals surface area (Å²) < 4.78 is 5.50. The second-order valence-electron chi connectivity index (χ2n) is 24.2. The molecule has 2 unspecified atom stereocenters. The Morgan fingerprint density at radius 1 is 0.351 bits per heavy atom. The van der Waals surface area contributed by atoms with Gasteiger partial charge >= 0.3 is 5.97 Å². The predicted octanol–water partition coefficient (Wildman–Crippen LogP) is 22.5. The van der Waals surface area contributed by atoms with Gasteiger partial charge in [-0.05, 0) is 57.8 Å². The Hall–Kier alpha value is -1.66. The summed E-state index contributed by atoms with van der Waals surface area (Å²) in [5.41, 5.74) is 0. The van der Waals surface area contributed by atoms with Crippen LogP contribution in [0.25, 0.3) is 0 Å². The maximum Gasteiger partial charge on any atom is 0.305 e. The largest absolute Gasteiger partial charge is 0.466 e. The van der Waals surface area contributed by atoms with E-state index in [9.17, 15) is 19.8 Å². The molecule has 2 atom stereocenters. The molecule has 0 saturated carbocycles. The highest BCUT2D eigenvalue weighted by Crippen LogP contribution is 2.19. The molecule has 0 aliphatic heterocycles. The van der Waals surface area contributed by atoms with Crippen LogP contribution in [0.5, 0.6) is 0 Å². The van der Waals surface area contributed by atoms with Crippen molar-refractivity contribution in [3.8, 4) is 0 Å². The first-order valence-corrected chi connectivity index (χ1v) is 35.1. The van der Waals surface area contributed by atoms with Gasteiger partial charge in [-0.2, -0.15) is 0 Å². The number of allylic oxidation sites excluding steroid dienone is 3. The molecule has 0 aromatic heterocycles. The second kappa shape index (κ2) is 66.8. The van der Waals surface area contributed by atoms with Crippen LogP contribution < -0.4 is 5.32 Å². The Bertz CT molecular complexity index is 1200. The van der Waals surface area contributed by atoms with Gasteiger partial charge in [-0.25, -0.2) is 0 Å². The van der Waals surface area contributed by atoms with Gasteiger partial charge in [0.15, 0.2) is 0 Å². The molecule has 1 amide bonds. The number of carbonyl (C=O) groups is 2. The molecule has 0 bridgehead atoms. The van der Waals surface area contributed by atoms with Crippen molar-refractivity contribution in [2.24, 2.45) is 0 Å². The Balaban J connectivity index is 3.33. The van der Waals surface area contributed by atoms with Crippen LogP contribution in [0.3, 0.4) is 0 Å². The summed E-state index contributed by atoms with van der Waals surface area (Å²) in [4.78, 5) is 24.6. The molecule has 6 heteroatoms. The summed E-state index contributed by atoms with van der Waals surface area (Å²) in [6, 6.07) is -0.624. The minimum absolute atomic E-state index is 0.0130. The normalized spacial score (nSPS) is 12.6. The van der Waals surface area contributed by atoms with Crippen LogP contribution in [0.15, 0.2) is 24.3 Å². The lowest BCUT2D eigenvalue weighted by atomic mass is 10.0. The lowest BCUT2D eigenvalue weighted by Crippen LogP contribution is -2.45. The van der Waals surface area contributed by atoms with Crippen LogP contribution in [0, 0.1) is 0 Å². The van der Waals surface area contributed by atoms with E-state index in [1.165, 1.54) is 321 Å². The first kappa shape index (κ1) is 75.3. The van der Waals surface area contributed by atoms with Crippen molar-refractivity contribution < 1.29 is 24.5 Å². The molecular formula is C71H137NO5. The van der Waals surface area contributed by atoms with E-state index in [2.05, 4.69) is 31.3 Å². The smallest absolute Gasteiger partial charge is 0.305 e.